The molecule has 1 aliphatic rings. The van der Waals surface area contributed by atoms with Crippen molar-refractivity contribution in [2.45, 2.75) is 63.9 Å². The lowest BCUT2D eigenvalue weighted by Crippen LogP contribution is -2.43. The molecule has 1 aromatic carbocycles. The number of hydrogen-bond acceptors (Lipinski definition) is 5. The largest absolute Gasteiger partial charge is 0.479 e. The number of nitrogens with zero attached hydrogens (tertiary/aromatic N) is 4. The fourth-order valence-electron chi connectivity index (χ4n) is 5.25. The second kappa shape index (κ2) is 8.42. The zero-order chi connectivity index (χ0) is 25.8. The standard InChI is InChI=1S/C27H28FN5O3/c1-15-11-18(5-6-19(15)28)33-20-12-17-13-30-32-24(17)31-22(20)21(23(33)26(2,3)9-10-29)16-7-8-27(4,25(34)35)36-14-16/h5-6,11-13,16H,7-9,14H2,1-4H3,(H,34,35)(H,30,31,32)/t16-,27+/m0/s1. The summed E-state index contributed by atoms with van der Waals surface area (Å²) < 4.78 is 22.2. The quantitative estimate of drug-likeness (QED) is 0.394. The van der Waals surface area contributed by atoms with E-state index in [2.05, 4.69) is 20.8 Å². The number of aliphatic carboxylic acids is 1. The first-order valence-corrected chi connectivity index (χ1v) is 12.0. The molecule has 186 valence electrons. The number of carboxylic acids is 1. The van der Waals surface area contributed by atoms with E-state index >= 15 is 0 Å². The fourth-order valence-corrected chi connectivity index (χ4v) is 5.25. The maximum Gasteiger partial charge on any atom is 0.335 e. The predicted molar refractivity (Wildman–Crippen MR) is 133 cm³/mol. The molecule has 0 spiro atoms. The molecular formula is C27H28FN5O3. The number of rotatable bonds is 5. The Morgan fingerprint density at radius 3 is 2.83 bits per heavy atom. The molecule has 1 saturated heterocycles. The monoisotopic (exact) mass is 489 g/mol. The van der Waals surface area contributed by atoms with Crippen LogP contribution in [0.5, 0.6) is 0 Å². The Labute approximate surface area is 207 Å². The van der Waals surface area contributed by atoms with E-state index in [1.54, 1.807) is 32.2 Å². The van der Waals surface area contributed by atoms with E-state index in [1.807, 2.05) is 19.9 Å². The lowest BCUT2D eigenvalue weighted by atomic mass is 9.78. The van der Waals surface area contributed by atoms with E-state index in [4.69, 9.17) is 9.72 Å². The van der Waals surface area contributed by atoms with E-state index in [9.17, 15) is 19.6 Å². The van der Waals surface area contributed by atoms with Crippen molar-refractivity contribution in [3.05, 3.63) is 53.1 Å². The number of fused-ring (bicyclic) bond motifs is 2. The minimum atomic E-state index is -1.24. The highest BCUT2D eigenvalue weighted by Crippen LogP contribution is 2.45. The zero-order valence-electron chi connectivity index (χ0n) is 20.7. The van der Waals surface area contributed by atoms with Gasteiger partial charge in [0.15, 0.2) is 11.2 Å². The number of hydrogen-bond donors (Lipinski definition) is 2. The van der Waals surface area contributed by atoms with Crippen LogP contribution in [0, 0.1) is 24.1 Å². The smallest absolute Gasteiger partial charge is 0.335 e. The third-order valence-corrected chi connectivity index (χ3v) is 7.38. The summed E-state index contributed by atoms with van der Waals surface area (Å²) >= 11 is 0. The van der Waals surface area contributed by atoms with Crippen molar-refractivity contribution in [3.63, 3.8) is 0 Å². The molecule has 4 heterocycles. The van der Waals surface area contributed by atoms with Gasteiger partial charge in [-0.15, -0.1) is 0 Å². The molecule has 0 amide bonds. The third kappa shape index (κ3) is 3.73. The average Bonchev–Trinajstić information content (AvgIpc) is 3.42. The molecule has 8 nitrogen and oxygen atoms in total. The second-order valence-electron chi connectivity index (χ2n) is 10.5. The molecule has 0 radical (unpaired) electrons. The minimum Gasteiger partial charge on any atom is -0.479 e. The summed E-state index contributed by atoms with van der Waals surface area (Å²) in [5.41, 5.74) is 3.45. The van der Waals surface area contributed by atoms with Crippen molar-refractivity contribution < 1.29 is 19.0 Å². The Kier molecular flexibility index (Phi) is 5.60. The van der Waals surface area contributed by atoms with E-state index in [0.29, 0.717) is 24.1 Å². The van der Waals surface area contributed by atoms with Crippen LogP contribution in [0.2, 0.25) is 0 Å². The summed E-state index contributed by atoms with van der Waals surface area (Å²) in [6.07, 6.45) is 2.88. The number of aryl methyl sites for hydroxylation is 1. The number of carboxylic acid groups (broad SMARTS) is 1. The van der Waals surface area contributed by atoms with Crippen LogP contribution in [-0.2, 0) is 14.9 Å². The molecule has 2 N–H and O–H groups in total. The number of H-pyrrole nitrogens is 1. The van der Waals surface area contributed by atoms with Gasteiger partial charge in [-0.1, -0.05) is 13.8 Å². The SMILES string of the molecule is Cc1cc(-n2c(C(C)(C)CC#N)c([C@H]3CC[C@](C)(C(=O)O)OC3)c3nc4[nH]ncc4cc32)ccc1F. The van der Waals surface area contributed by atoms with Crippen molar-refractivity contribution in [2.24, 2.45) is 0 Å². The number of nitriles is 1. The molecule has 0 bridgehead atoms. The topological polar surface area (TPSA) is 117 Å². The van der Waals surface area contributed by atoms with Crippen LogP contribution < -0.4 is 0 Å². The Morgan fingerprint density at radius 2 is 2.19 bits per heavy atom. The Balaban J connectivity index is 1.83. The first-order chi connectivity index (χ1) is 17.1. The second-order valence-corrected chi connectivity index (χ2v) is 10.5. The molecule has 0 unspecified atom stereocenters. The molecule has 1 fully saturated rings. The Hall–Kier alpha value is -3.77. The molecule has 4 aromatic rings. The number of pyridine rings is 1. The highest BCUT2D eigenvalue weighted by Gasteiger charge is 2.42. The van der Waals surface area contributed by atoms with Gasteiger partial charge in [-0.05, 0) is 56.5 Å². The zero-order valence-corrected chi connectivity index (χ0v) is 20.7. The maximum absolute atomic E-state index is 14.2. The molecule has 9 heteroatoms. The van der Waals surface area contributed by atoms with Gasteiger partial charge in [-0.3, -0.25) is 5.10 Å². The highest BCUT2D eigenvalue weighted by atomic mass is 19.1. The van der Waals surface area contributed by atoms with Gasteiger partial charge in [0.05, 0.1) is 29.9 Å². The first-order valence-electron chi connectivity index (χ1n) is 12.0. The van der Waals surface area contributed by atoms with E-state index in [-0.39, 0.29) is 24.8 Å². The van der Waals surface area contributed by atoms with Gasteiger partial charge in [-0.2, -0.15) is 10.4 Å². The third-order valence-electron chi connectivity index (χ3n) is 7.38. The van der Waals surface area contributed by atoms with Gasteiger partial charge in [-0.25, -0.2) is 14.2 Å². The molecule has 5 rings (SSSR count). The molecular weight excluding hydrogens is 461 g/mol. The van der Waals surface area contributed by atoms with Gasteiger partial charge in [0, 0.05) is 40.1 Å². The van der Waals surface area contributed by atoms with Crippen LogP contribution in [0.25, 0.3) is 27.8 Å². The molecule has 3 aromatic heterocycles. The fraction of sp³-hybridized carbons (Fsp3) is 0.407. The molecule has 36 heavy (non-hydrogen) atoms. The maximum atomic E-state index is 14.2. The summed E-state index contributed by atoms with van der Waals surface area (Å²) in [6.45, 7) is 7.56. The number of ether oxygens (including phenoxy) is 1. The van der Waals surface area contributed by atoms with Crippen LogP contribution in [0.15, 0.2) is 30.5 Å². The first kappa shape index (κ1) is 23.9. The predicted octanol–water partition coefficient (Wildman–Crippen LogP) is 5.28. The normalized spacial score (nSPS) is 20.6. The number of nitrogens with one attached hydrogen (secondary N) is 1. The lowest BCUT2D eigenvalue weighted by Gasteiger charge is -2.36. The number of aromatic amines is 1. The summed E-state index contributed by atoms with van der Waals surface area (Å²) in [4.78, 5) is 16.7. The lowest BCUT2D eigenvalue weighted by molar-refractivity contribution is -0.170. The summed E-state index contributed by atoms with van der Waals surface area (Å²) in [5.74, 6) is -1.41. The van der Waals surface area contributed by atoms with Gasteiger partial charge >= 0.3 is 5.97 Å². The molecule has 1 aliphatic heterocycles. The molecule has 0 saturated carbocycles. The van der Waals surface area contributed by atoms with Gasteiger partial charge in [0.2, 0.25) is 0 Å². The van der Waals surface area contributed by atoms with E-state index in [0.717, 1.165) is 33.4 Å². The van der Waals surface area contributed by atoms with Crippen molar-refractivity contribution in [3.8, 4) is 11.8 Å². The van der Waals surface area contributed by atoms with Crippen molar-refractivity contribution >= 4 is 28.0 Å². The van der Waals surface area contributed by atoms with Crippen molar-refractivity contribution in [2.75, 3.05) is 6.61 Å². The van der Waals surface area contributed by atoms with Crippen LogP contribution in [0.4, 0.5) is 4.39 Å². The molecule has 2 atom stereocenters. The number of benzene rings is 1. The van der Waals surface area contributed by atoms with Gasteiger partial charge < -0.3 is 14.4 Å². The van der Waals surface area contributed by atoms with E-state index < -0.39 is 17.0 Å². The minimum absolute atomic E-state index is 0.136. The number of halogens is 1. The number of aromatic nitrogens is 4. The summed E-state index contributed by atoms with van der Waals surface area (Å²) in [5, 5.41) is 27.3. The van der Waals surface area contributed by atoms with Crippen LogP contribution in [0.3, 0.4) is 0 Å². The average molecular weight is 490 g/mol. The van der Waals surface area contributed by atoms with Crippen molar-refractivity contribution in [1.82, 2.24) is 19.7 Å². The highest BCUT2D eigenvalue weighted by molar-refractivity contribution is 5.94. The summed E-state index contributed by atoms with van der Waals surface area (Å²) in [6, 6.07) is 9.29. The Morgan fingerprint density at radius 1 is 1.42 bits per heavy atom. The van der Waals surface area contributed by atoms with Crippen LogP contribution in [-0.4, -0.2) is 43.0 Å². The number of carbonyl (C=O) groups is 1. The van der Waals surface area contributed by atoms with Gasteiger partial charge in [0.1, 0.15) is 5.82 Å². The molecule has 0 aliphatic carbocycles. The van der Waals surface area contributed by atoms with Crippen molar-refractivity contribution in [1.29, 1.82) is 5.26 Å². The van der Waals surface area contributed by atoms with Gasteiger partial charge in [0.25, 0.3) is 0 Å². The summed E-state index contributed by atoms with van der Waals surface area (Å²) in [7, 11) is 0. The van der Waals surface area contributed by atoms with E-state index in [1.165, 1.54) is 6.07 Å². The van der Waals surface area contributed by atoms with Crippen LogP contribution in [0.1, 0.15) is 62.8 Å². The van der Waals surface area contributed by atoms with Crippen LogP contribution >= 0.6 is 0 Å². The Bertz CT molecular complexity index is 1540.